The zero-order chi connectivity index (χ0) is 17.2. The molecule has 1 amide bonds. The average molecular weight is 347 g/mol. The number of halogens is 1. The molecule has 1 atom stereocenters. The van der Waals surface area contributed by atoms with Crippen LogP contribution in [0.15, 0.2) is 48.7 Å². The molecule has 1 aromatic carbocycles. The minimum atomic E-state index is -0.522. The number of pyridine rings is 1. The van der Waals surface area contributed by atoms with E-state index in [2.05, 4.69) is 0 Å². The van der Waals surface area contributed by atoms with Gasteiger partial charge in [-0.15, -0.1) is 0 Å². The Morgan fingerprint density at radius 1 is 1.38 bits per heavy atom. The van der Waals surface area contributed by atoms with Crippen molar-refractivity contribution in [2.24, 2.45) is 0 Å². The Bertz CT molecular complexity index is 738. The van der Waals surface area contributed by atoms with Crippen molar-refractivity contribution in [1.82, 2.24) is 4.90 Å². The maximum Gasteiger partial charge on any atom is 0.410 e. The fourth-order valence-corrected chi connectivity index (χ4v) is 3.32. The van der Waals surface area contributed by atoms with E-state index >= 15 is 0 Å². The highest BCUT2D eigenvalue weighted by Gasteiger charge is 2.42. The Hall–Kier alpha value is -2.27. The highest BCUT2D eigenvalue weighted by molar-refractivity contribution is 6.28. The van der Waals surface area contributed by atoms with Crippen molar-refractivity contribution in [3.8, 4) is 0 Å². The Balaban J connectivity index is 1.76. The molecule has 1 fully saturated rings. The molecule has 5 nitrogen and oxygen atoms in total. The monoisotopic (exact) mass is 346 g/mol. The molecule has 0 N–H and O–H groups in total. The van der Waals surface area contributed by atoms with Crippen molar-refractivity contribution >= 4 is 17.7 Å². The van der Waals surface area contributed by atoms with Gasteiger partial charge in [-0.25, -0.2) is 4.79 Å². The normalized spacial score (nSPS) is 20.2. The summed E-state index contributed by atoms with van der Waals surface area (Å²) in [4.78, 5) is 14.3. The Morgan fingerprint density at radius 3 is 2.83 bits per heavy atom. The maximum atomic E-state index is 12.6. The molecule has 1 aliphatic heterocycles. The van der Waals surface area contributed by atoms with Crippen molar-refractivity contribution < 1.29 is 14.3 Å². The van der Waals surface area contributed by atoms with Crippen LogP contribution in [0.1, 0.15) is 30.9 Å². The summed E-state index contributed by atoms with van der Waals surface area (Å²) in [5, 5.41) is 11.5. The second-order valence-corrected chi connectivity index (χ2v) is 6.52. The van der Waals surface area contributed by atoms with Crippen molar-refractivity contribution in [2.75, 3.05) is 6.54 Å². The number of aromatic nitrogens is 1. The van der Waals surface area contributed by atoms with Crippen molar-refractivity contribution in [1.29, 1.82) is 0 Å². The standard InChI is InChI=1S/C18H19ClN2O3/c1-18(15-8-11-21(23)16(19)12-15)9-5-10-20(18)17(22)24-13-14-6-3-2-4-7-14/h2-4,6-8,11-12H,5,9-10,13H2,1H3. The molecular formula is C18H19ClN2O3. The van der Waals surface area contributed by atoms with Gasteiger partial charge >= 0.3 is 6.09 Å². The second kappa shape index (κ2) is 6.69. The number of likely N-dealkylation sites (tertiary alicyclic amines) is 1. The van der Waals surface area contributed by atoms with Crippen LogP contribution in [0.5, 0.6) is 0 Å². The Kier molecular flexibility index (Phi) is 4.62. The number of amides is 1. The van der Waals surface area contributed by atoms with E-state index < -0.39 is 5.54 Å². The van der Waals surface area contributed by atoms with Crippen molar-refractivity contribution in [2.45, 2.75) is 31.9 Å². The molecule has 24 heavy (non-hydrogen) atoms. The smallest absolute Gasteiger partial charge is 0.410 e. The highest BCUT2D eigenvalue weighted by Crippen LogP contribution is 2.39. The molecule has 2 aromatic rings. The number of carbonyl (C=O) groups is 1. The third-order valence-electron chi connectivity index (χ3n) is 4.56. The van der Waals surface area contributed by atoms with E-state index in [9.17, 15) is 10.0 Å². The molecule has 1 aromatic heterocycles. The summed E-state index contributed by atoms with van der Waals surface area (Å²) in [6.45, 7) is 2.83. The lowest BCUT2D eigenvalue weighted by atomic mass is 9.90. The number of hydrogen-bond acceptors (Lipinski definition) is 3. The van der Waals surface area contributed by atoms with Gasteiger partial charge in [0.25, 0.3) is 5.15 Å². The molecule has 0 saturated carbocycles. The third kappa shape index (κ3) is 3.17. The zero-order valence-corrected chi connectivity index (χ0v) is 14.2. The van der Waals surface area contributed by atoms with Crippen LogP contribution in [0.3, 0.4) is 0 Å². The predicted octanol–water partition coefficient (Wildman–Crippen LogP) is 3.62. The van der Waals surface area contributed by atoms with Gasteiger partial charge < -0.3 is 9.94 Å². The Labute approximate surface area is 146 Å². The van der Waals surface area contributed by atoms with Crippen LogP contribution in [0.2, 0.25) is 5.15 Å². The van der Waals surface area contributed by atoms with E-state index in [1.165, 1.54) is 6.20 Å². The summed E-state index contributed by atoms with van der Waals surface area (Å²) in [6, 6.07) is 12.9. The minimum Gasteiger partial charge on any atom is -0.618 e. The van der Waals surface area contributed by atoms with Gasteiger partial charge in [0.05, 0.1) is 5.54 Å². The molecule has 0 radical (unpaired) electrons. The van der Waals surface area contributed by atoms with Crippen LogP contribution < -0.4 is 4.73 Å². The molecule has 1 unspecified atom stereocenters. The van der Waals surface area contributed by atoms with Gasteiger partial charge in [0.15, 0.2) is 6.20 Å². The van der Waals surface area contributed by atoms with Crippen molar-refractivity contribution in [3.05, 3.63) is 70.1 Å². The highest BCUT2D eigenvalue weighted by atomic mass is 35.5. The number of benzene rings is 1. The fraction of sp³-hybridized carbons (Fsp3) is 0.333. The van der Waals surface area contributed by atoms with Crippen LogP contribution in [0.25, 0.3) is 0 Å². The molecule has 0 bridgehead atoms. The van der Waals surface area contributed by atoms with Crippen LogP contribution in [-0.4, -0.2) is 17.5 Å². The molecule has 0 spiro atoms. The first kappa shape index (κ1) is 16.6. The Morgan fingerprint density at radius 2 is 2.12 bits per heavy atom. The largest absolute Gasteiger partial charge is 0.618 e. The van der Waals surface area contributed by atoms with Crippen molar-refractivity contribution in [3.63, 3.8) is 0 Å². The summed E-state index contributed by atoms with van der Waals surface area (Å²) in [5.41, 5.74) is 1.27. The zero-order valence-electron chi connectivity index (χ0n) is 13.4. The minimum absolute atomic E-state index is 0.0956. The molecular weight excluding hydrogens is 328 g/mol. The van der Waals surface area contributed by atoms with E-state index in [-0.39, 0.29) is 17.9 Å². The van der Waals surface area contributed by atoms with E-state index in [0.29, 0.717) is 11.3 Å². The molecule has 2 heterocycles. The summed E-state index contributed by atoms with van der Waals surface area (Å²) < 4.78 is 6.07. The SMILES string of the molecule is CC1(c2cc[n+]([O-])c(Cl)c2)CCCN1C(=O)OCc1ccccc1. The first-order valence-electron chi connectivity index (χ1n) is 7.88. The van der Waals surface area contributed by atoms with Gasteiger partial charge in [0.2, 0.25) is 0 Å². The van der Waals surface area contributed by atoms with Crippen LogP contribution in [-0.2, 0) is 16.9 Å². The molecule has 1 saturated heterocycles. The number of rotatable bonds is 3. The van der Waals surface area contributed by atoms with Gasteiger partial charge in [-0.05, 0) is 42.5 Å². The van der Waals surface area contributed by atoms with Gasteiger partial charge in [0.1, 0.15) is 6.61 Å². The van der Waals surface area contributed by atoms with E-state index in [1.54, 1.807) is 17.0 Å². The molecule has 6 heteroatoms. The number of nitrogens with zero attached hydrogens (tertiary/aromatic N) is 2. The van der Waals surface area contributed by atoms with Gasteiger partial charge in [-0.3, -0.25) is 4.90 Å². The molecule has 0 aliphatic carbocycles. The lowest BCUT2D eigenvalue weighted by molar-refractivity contribution is -0.603. The third-order valence-corrected chi connectivity index (χ3v) is 4.84. The maximum absolute atomic E-state index is 12.6. The van der Waals surface area contributed by atoms with E-state index in [1.807, 2.05) is 37.3 Å². The summed E-state index contributed by atoms with van der Waals surface area (Å²) in [5.74, 6) is 0. The molecule has 1 aliphatic rings. The average Bonchev–Trinajstić information content (AvgIpc) is 2.99. The predicted molar refractivity (Wildman–Crippen MR) is 90.3 cm³/mol. The first-order valence-corrected chi connectivity index (χ1v) is 8.26. The van der Waals surface area contributed by atoms with Crippen LogP contribution in [0.4, 0.5) is 4.79 Å². The van der Waals surface area contributed by atoms with Gasteiger partial charge in [0, 0.05) is 18.7 Å². The lowest BCUT2D eigenvalue weighted by Crippen LogP contribution is -2.43. The van der Waals surface area contributed by atoms with Gasteiger partial charge in [-0.1, -0.05) is 30.3 Å². The summed E-state index contributed by atoms with van der Waals surface area (Å²) in [6.07, 6.45) is 2.69. The fourth-order valence-electron chi connectivity index (χ4n) is 3.15. The van der Waals surface area contributed by atoms with E-state index in [4.69, 9.17) is 16.3 Å². The second-order valence-electron chi connectivity index (χ2n) is 6.13. The van der Waals surface area contributed by atoms with E-state index in [0.717, 1.165) is 24.0 Å². The van der Waals surface area contributed by atoms with Crippen LogP contribution >= 0.6 is 11.6 Å². The first-order chi connectivity index (χ1) is 11.5. The number of hydrogen-bond donors (Lipinski definition) is 0. The number of carbonyl (C=O) groups excluding carboxylic acids is 1. The summed E-state index contributed by atoms with van der Waals surface area (Å²) >= 11 is 5.94. The van der Waals surface area contributed by atoms with Crippen LogP contribution in [0, 0.1) is 5.21 Å². The molecule has 3 rings (SSSR count). The number of ether oxygens (including phenoxy) is 1. The molecule has 126 valence electrons. The topological polar surface area (TPSA) is 56.5 Å². The lowest BCUT2D eigenvalue weighted by Gasteiger charge is -2.34. The summed E-state index contributed by atoms with van der Waals surface area (Å²) in [7, 11) is 0. The quantitative estimate of drug-likeness (QED) is 0.484. The van der Waals surface area contributed by atoms with Gasteiger partial charge in [-0.2, -0.15) is 4.73 Å².